The molecule has 1 aromatic carbocycles. The van der Waals surface area contributed by atoms with Gasteiger partial charge in [-0.05, 0) is 24.8 Å². The minimum Gasteiger partial charge on any atom is -0.481 e. The van der Waals surface area contributed by atoms with E-state index in [-0.39, 0.29) is 11.8 Å². The fourth-order valence-corrected chi connectivity index (χ4v) is 1.52. The Morgan fingerprint density at radius 1 is 1.27 bits per heavy atom. The number of hydrogen-bond donors (Lipinski definition) is 1. The molecule has 2 heteroatoms. The van der Waals surface area contributed by atoms with Gasteiger partial charge in [-0.2, -0.15) is 0 Å². The van der Waals surface area contributed by atoms with Crippen molar-refractivity contribution in [3.63, 3.8) is 0 Å². The Kier molecular flexibility index (Phi) is 3.89. The van der Waals surface area contributed by atoms with Gasteiger partial charge in [-0.1, -0.05) is 43.7 Å². The van der Waals surface area contributed by atoms with E-state index in [1.165, 1.54) is 11.1 Å². The number of rotatable bonds is 4. The Balaban J connectivity index is 2.62. The van der Waals surface area contributed by atoms with E-state index in [0.29, 0.717) is 0 Å². The van der Waals surface area contributed by atoms with E-state index in [0.717, 1.165) is 6.42 Å². The van der Waals surface area contributed by atoms with Crippen LogP contribution in [0.3, 0.4) is 0 Å². The molecule has 0 aliphatic heterocycles. The molecule has 2 atom stereocenters. The summed E-state index contributed by atoms with van der Waals surface area (Å²) in [4.78, 5) is 10.8. The Hall–Kier alpha value is -1.31. The first-order valence-corrected chi connectivity index (χ1v) is 5.29. The molecule has 0 heterocycles. The molecule has 2 nitrogen and oxygen atoms in total. The molecule has 0 aromatic heterocycles. The number of benzene rings is 1. The molecule has 0 amide bonds. The zero-order chi connectivity index (χ0) is 11.4. The third-order valence-corrected chi connectivity index (χ3v) is 2.92. The average molecular weight is 206 g/mol. The van der Waals surface area contributed by atoms with Crippen molar-refractivity contribution in [2.75, 3.05) is 0 Å². The summed E-state index contributed by atoms with van der Waals surface area (Å²) in [5, 5.41) is 8.87. The van der Waals surface area contributed by atoms with Crippen molar-refractivity contribution in [2.24, 2.45) is 11.8 Å². The minimum absolute atomic E-state index is 0.171. The summed E-state index contributed by atoms with van der Waals surface area (Å²) in [6, 6.07) is 8.27. The molecule has 0 spiro atoms. The van der Waals surface area contributed by atoms with Gasteiger partial charge in [-0.25, -0.2) is 0 Å². The van der Waals surface area contributed by atoms with Gasteiger partial charge in [0.1, 0.15) is 0 Å². The summed E-state index contributed by atoms with van der Waals surface area (Å²) in [5.41, 5.74) is 2.44. The highest BCUT2D eigenvalue weighted by Crippen LogP contribution is 2.17. The van der Waals surface area contributed by atoms with Crippen molar-refractivity contribution in [1.82, 2.24) is 0 Å². The van der Waals surface area contributed by atoms with Crippen LogP contribution in [-0.4, -0.2) is 11.1 Å². The van der Waals surface area contributed by atoms with E-state index in [4.69, 9.17) is 5.11 Å². The van der Waals surface area contributed by atoms with Crippen LogP contribution in [0.15, 0.2) is 24.3 Å². The maximum atomic E-state index is 10.8. The zero-order valence-electron chi connectivity index (χ0n) is 9.53. The van der Waals surface area contributed by atoms with E-state index >= 15 is 0 Å². The van der Waals surface area contributed by atoms with Crippen LogP contribution >= 0.6 is 0 Å². The number of carbonyl (C=O) groups is 1. The lowest BCUT2D eigenvalue weighted by Gasteiger charge is -2.15. The highest BCUT2D eigenvalue weighted by atomic mass is 16.4. The van der Waals surface area contributed by atoms with Crippen LogP contribution in [0.1, 0.15) is 25.0 Å². The van der Waals surface area contributed by atoms with E-state index in [1.807, 2.05) is 13.8 Å². The molecule has 0 fully saturated rings. The van der Waals surface area contributed by atoms with Crippen LogP contribution in [0.25, 0.3) is 0 Å². The van der Waals surface area contributed by atoms with Crippen LogP contribution in [0, 0.1) is 18.8 Å². The maximum Gasteiger partial charge on any atom is 0.306 e. The monoisotopic (exact) mass is 206 g/mol. The van der Waals surface area contributed by atoms with Crippen molar-refractivity contribution in [1.29, 1.82) is 0 Å². The van der Waals surface area contributed by atoms with Crippen LogP contribution < -0.4 is 0 Å². The molecule has 0 radical (unpaired) electrons. The van der Waals surface area contributed by atoms with Gasteiger partial charge in [0.15, 0.2) is 0 Å². The van der Waals surface area contributed by atoms with Gasteiger partial charge in [0.25, 0.3) is 0 Å². The first kappa shape index (κ1) is 11.8. The van der Waals surface area contributed by atoms with Crippen LogP contribution in [0.5, 0.6) is 0 Å². The number of carboxylic acids is 1. The quantitative estimate of drug-likeness (QED) is 0.822. The zero-order valence-corrected chi connectivity index (χ0v) is 9.53. The Bertz CT molecular complexity index is 327. The summed E-state index contributed by atoms with van der Waals surface area (Å²) in [7, 11) is 0. The largest absolute Gasteiger partial charge is 0.481 e. The van der Waals surface area contributed by atoms with E-state index in [9.17, 15) is 4.79 Å². The van der Waals surface area contributed by atoms with Crippen LogP contribution in [0.2, 0.25) is 0 Å². The summed E-state index contributed by atoms with van der Waals surface area (Å²) in [5.74, 6) is -0.828. The molecule has 0 aliphatic rings. The highest BCUT2D eigenvalue weighted by Gasteiger charge is 2.19. The predicted molar refractivity (Wildman–Crippen MR) is 60.8 cm³/mol. The second kappa shape index (κ2) is 4.96. The Labute approximate surface area is 90.9 Å². The summed E-state index contributed by atoms with van der Waals surface area (Å²) >= 11 is 0. The standard InChI is InChI=1S/C13H18O2/c1-9-4-6-12(7-5-9)8-10(2)11(3)13(14)15/h4-7,10-11H,8H2,1-3H3,(H,14,15). The molecule has 2 unspecified atom stereocenters. The van der Waals surface area contributed by atoms with Gasteiger partial charge in [-0.15, -0.1) is 0 Å². The first-order valence-electron chi connectivity index (χ1n) is 5.29. The Morgan fingerprint density at radius 2 is 1.80 bits per heavy atom. The van der Waals surface area contributed by atoms with Crippen molar-refractivity contribution in [2.45, 2.75) is 27.2 Å². The second-order valence-corrected chi connectivity index (χ2v) is 4.29. The lowest BCUT2D eigenvalue weighted by Crippen LogP contribution is -2.19. The molecular weight excluding hydrogens is 188 g/mol. The molecule has 1 aromatic rings. The smallest absolute Gasteiger partial charge is 0.306 e. The first-order chi connectivity index (χ1) is 7.00. The van der Waals surface area contributed by atoms with Gasteiger partial charge in [0, 0.05) is 0 Å². The maximum absolute atomic E-state index is 10.8. The third kappa shape index (κ3) is 3.39. The van der Waals surface area contributed by atoms with E-state index < -0.39 is 5.97 Å². The molecule has 15 heavy (non-hydrogen) atoms. The molecule has 0 bridgehead atoms. The fourth-order valence-electron chi connectivity index (χ4n) is 1.52. The fraction of sp³-hybridized carbons (Fsp3) is 0.462. The second-order valence-electron chi connectivity index (χ2n) is 4.29. The van der Waals surface area contributed by atoms with Crippen molar-refractivity contribution in [3.05, 3.63) is 35.4 Å². The molecular formula is C13H18O2. The van der Waals surface area contributed by atoms with Crippen LogP contribution in [-0.2, 0) is 11.2 Å². The molecule has 1 rings (SSSR count). The van der Waals surface area contributed by atoms with E-state index in [2.05, 4.69) is 24.3 Å². The summed E-state index contributed by atoms with van der Waals surface area (Å²) in [6.07, 6.45) is 0.827. The molecule has 82 valence electrons. The molecule has 0 aliphatic carbocycles. The van der Waals surface area contributed by atoms with Gasteiger partial charge < -0.3 is 5.11 Å². The minimum atomic E-state index is -0.713. The van der Waals surface area contributed by atoms with E-state index in [1.54, 1.807) is 6.92 Å². The van der Waals surface area contributed by atoms with Crippen LogP contribution in [0.4, 0.5) is 0 Å². The van der Waals surface area contributed by atoms with Crippen molar-refractivity contribution in [3.8, 4) is 0 Å². The summed E-state index contributed by atoms with van der Waals surface area (Å²) < 4.78 is 0. The Morgan fingerprint density at radius 3 is 2.27 bits per heavy atom. The molecule has 1 N–H and O–H groups in total. The lowest BCUT2D eigenvalue weighted by molar-refractivity contribution is -0.142. The number of aryl methyl sites for hydroxylation is 1. The lowest BCUT2D eigenvalue weighted by atomic mass is 9.89. The normalized spacial score (nSPS) is 14.6. The number of hydrogen-bond acceptors (Lipinski definition) is 1. The number of aliphatic carboxylic acids is 1. The van der Waals surface area contributed by atoms with Gasteiger partial charge >= 0.3 is 5.97 Å². The van der Waals surface area contributed by atoms with Gasteiger partial charge in [0.2, 0.25) is 0 Å². The van der Waals surface area contributed by atoms with Gasteiger partial charge in [0.05, 0.1) is 5.92 Å². The average Bonchev–Trinajstić information content (AvgIpc) is 2.20. The van der Waals surface area contributed by atoms with Gasteiger partial charge in [-0.3, -0.25) is 4.79 Å². The molecule has 0 saturated heterocycles. The van der Waals surface area contributed by atoms with Crippen molar-refractivity contribution < 1.29 is 9.90 Å². The predicted octanol–water partition coefficient (Wildman–Crippen LogP) is 2.89. The third-order valence-electron chi connectivity index (χ3n) is 2.92. The van der Waals surface area contributed by atoms with Crippen molar-refractivity contribution >= 4 is 5.97 Å². The molecule has 0 saturated carbocycles. The number of carboxylic acid groups (broad SMARTS) is 1. The highest BCUT2D eigenvalue weighted by molar-refractivity contribution is 5.69. The topological polar surface area (TPSA) is 37.3 Å². The SMILES string of the molecule is Cc1ccc(CC(C)C(C)C(=O)O)cc1. The summed E-state index contributed by atoms with van der Waals surface area (Å²) in [6.45, 7) is 5.80.